The zero-order valence-electron chi connectivity index (χ0n) is 10.8. The Hall–Kier alpha value is -2.39. The summed E-state index contributed by atoms with van der Waals surface area (Å²) in [6.07, 6.45) is 1.46. The summed E-state index contributed by atoms with van der Waals surface area (Å²) in [5.41, 5.74) is 0.511. The maximum absolute atomic E-state index is 12.3. The Morgan fingerprint density at radius 1 is 1.30 bits per heavy atom. The fourth-order valence-corrected chi connectivity index (χ4v) is 3.13. The normalized spacial score (nSPS) is 10.8. The van der Waals surface area contributed by atoms with Gasteiger partial charge in [0.1, 0.15) is 17.5 Å². The molecule has 0 saturated heterocycles. The third kappa shape index (κ3) is 2.95. The average Bonchev–Trinajstić information content (AvgIpc) is 2.47. The van der Waals surface area contributed by atoms with Crippen molar-refractivity contribution in [2.75, 3.05) is 7.11 Å². The van der Waals surface area contributed by atoms with Gasteiger partial charge in [0.2, 0.25) is 0 Å². The van der Waals surface area contributed by atoms with Crippen LogP contribution in [0.5, 0.6) is 5.75 Å². The summed E-state index contributed by atoms with van der Waals surface area (Å²) in [5.74, 6) is 0.203. The van der Waals surface area contributed by atoms with Crippen LogP contribution in [-0.4, -0.2) is 20.5 Å². The highest BCUT2D eigenvalue weighted by molar-refractivity contribution is 7.90. The summed E-state index contributed by atoms with van der Waals surface area (Å²) in [7, 11) is -2.08. The Morgan fingerprint density at radius 2 is 2.10 bits per heavy atom. The lowest BCUT2D eigenvalue weighted by Gasteiger charge is -2.07. The van der Waals surface area contributed by atoms with E-state index >= 15 is 0 Å². The van der Waals surface area contributed by atoms with E-state index in [1.807, 2.05) is 6.07 Å². The first kappa shape index (κ1) is 14.0. The summed E-state index contributed by atoms with van der Waals surface area (Å²) in [6, 6.07) is 11.3. The van der Waals surface area contributed by atoms with Gasteiger partial charge in [0.25, 0.3) is 0 Å². The number of aromatic nitrogens is 1. The Kier molecular flexibility index (Phi) is 4.01. The monoisotopic (exact) mass is 288 g/mol. The zero-order valence-corrected chi connectivity index (χ0v) is 11.6. The smallest absolute Gasteiger partial charge is 0.182 e. The molecule has 0 radical (unpaired) electrons. The maximum atomic E-state index is 12.3. The van der Waals surface area contributed by atoms with Crippen LogP contribution in [0.25, 0.3) is 0 Å². The van der Waals surface area contributed by atoms with Gasteiger partial charge in [-0.25, -0.2) is 13.4 Å². The zero-order chi connectivity index (χ0) is 14.6. The number of sulfone groups is 1. The van der Waals surface area contributed by atoms with Gasteiger partial charge in [-0.05, 0) is 24.3 Å². The number of nitrogens with zero attached hydrogens (tertiary/aromatic N) is 2. The van der Waals surface area contributed by atoms with Crippen LogP contribution in [0.3, 0.4) is 0 Å². The van der Waals surface area contributed by atoms with E-state index < -0.39 is 9.84 Å². The number of ether oxygens (including phenoxy) is 1. The Balaban J connectivity index is 2.39. The van der Waals surface area contributed by atoms with Gasteiger partial charge in [-0.3, -0.25) is 0 Å². The van der Waals surface area contributed by atoms with Crippen LogP contribution in [0.2, 0.25) is 0 Å². The fraction of sp³-hybridized carbons (Fsp3) is 0.143. The van der Waals surface area contributed by atoms with Crippen molar-refractivity contribution in [3.05, 3.63) is 53.9 Å². The molecule has 0 bridgehead atoms. The molecular weight excluding hydrogens is 276 g/mol. The van der Waals surface area contributed by atoms with Crippen molar-refractivity contribution in [1.29, 1.82) is 5.26 Å². The lowest BCUT2D eigenvalue weighted by molar-refractivity contribution is 0.413. The average molecular weight is 288 g/mol. The third-order valence-electron chi connectivity index (χ3n) is 2.74. The SMILES string of the molecule is COc1cccc(S(=O)(=O)Cc2cccnc2C#N)c1. The predicted molar refractivity (Wildman–Crippen MR) is 72.8 cm³/mol. The highest BCUT2D eigenvalue weighted by Crippen LogP contribution is 2.21. The molecule has 20 heavy (non-hydrogen) atoms. The first-order valence-corrected chi connectivity index (χ1v) is 7.43. The largest absolute Gasteiger partial charge is 0.497 e. The number of nitriles is 1. The molecule has 0 spiro atoms. The van der Waals surface area contributed by atoms with E-state index in [0.29, 0.717) is 11.3 Å². The van der Waals surface area contributed by atoms with Gasteiger partial charge in [0.15, 0.2) is 9.84 Å². The molecule has 0 unspecified atom stereocenters. The van der Waals surface area contributed by atoms with Crippen LogP contribution in [0, 0.1) is 11.3 Å². The second-order valence-electron chi connectivity index (χ2n) is 4.06. The predicted octanol–water partition coefficient (Wildman–Crippen LogP) is 1.94. The van der Waals surface area contributed by atoms with Gasteiger partial charge in [-0.1, -0.05) is 12.1 Å². The molecule has 1 aromatic carbocycles. The van der Waals surface area contributed by atoms with Gasteiger partial charge < -0.3 is 4.74 Å². The molecule has 0 saturated carbocycles. The summed E-state index contributed by atoms with van der Waals surface area (Å²) in [4.78, 5) is 4.02. The Morgan fingerprint density at radius 3 is 2.80 bits per heavy atom. The van der Waals surface area contributed by atoms with E-state index in [9.17, 15) is 8.42 Å². The van der Waals surface area contributed by atoms with Crippen molar-refractivity contribution >= 4 is 9.84 Å². The Bertz CT molecular complexity index is 764. The number of rotatable bonds is 4. The van der Waals surface area contributed by atoms with Gasteiger partial charge in [0, 0.05) is 11.8 Å². The summed E-state index contributed by atoms with van der Waals surface area (Å²) in [6.45, 7) is 0. The quantitative estimate of drug-likeness (QED) is 0.858. The minimum Gasteiger partial charge on any atom is -0.497 e. The minimum absolute atomic E-state index is 0.124. The van der Waals surface area contributed by atoms with Crippen LogP contribution in [-0.2, 0) is 15.6 Å². The summed E-state index contributed by atoms with van der Waals surface area (Å²) >= 11 is 0. The molecule has 2 rings (SSSR count). The Labute approximate surface area is 117 Å². The van der Waals surface area contributed by atoms with Crippen molar-refractivity contribution in [3.63, 3.8) is 0 Å². The summed E-state index contributed by atoms with van der Waals surface area (Å²) < 4.78 is 29.7. The van der Waals surface area contributed by atoms with Crippen molar-refractivity contribution in [2.45, 2.75) is 10.6 Å². The molecule has 0 atom stereocenters. The van der Waals surface area contributed by atoms with E-state index in [4.69, 9.17) is 10.00 Å². The van der Waals surface area contributed by atoms with Crippen molar-refractivity contribution in [2.24, 2.45) is 0 Å². The number of hydrogen-bond donors (Lipinski definition) is 0. The molecular formula is C14H12N2O3S. The number of hydrogen-bond acceptors (Lipinski definition) is 5. The first-order chi connectivity index (χ1) is 9.56. The van der Waals surface area contributed by atoms with E-state index in [-0.39, 0.29) is 16.3 Å². The minimum atomic E-state index is -3.55. The molecule has 0 aliphatic heterocycles. The van der Waals surface area contributed by atoms with Crippen LogP contribution in [0.15, 0.2) is 47.5 Å². The van der Waals surface area contributed by atoms with Gasteiger partial charge in [0.05, 0.1) is 17.8 Å². The second-order valence-corrected chi connectivity index (χ2v) is 6.05. The molecule has 2 aromatic rings. The molecule has 1 aromatic heterocycles. The summed E-state index contributed by atoms with van der Waals surface area (Å²) in [5, 5.41) is 8.94. The number of benzene rings is 1. The molecule has 0 amide bonds. The number of methoxy groups -OCH3 is 1. The lowest BCUT2D eigenvalue weighted by atomic mass is 10.2. The van der Waals surface area contributed by atoms with Crippen LogP contribution < -0.4 is 4.74 Å². The maximum Gasteiger partial charge on any atom is 0.182 e. The standard InChI is InChI=1S/C14H12N2O3S/c1-19-12-5-2-6-13(8-12)20(17,18)10-11-4-3-7-16-14(11)9-15/h2-8H,10H2,1H3. The van der Waals surface area contributed by atoms with Gasteiger partial charge >= 0.3 is 0 Å². The number of pyridine rings is 1. The molecule has 102 valence electrons. The van der Waals surface area contributed by atoms with Crippen LogP contribution >= 0.6 is 0 Å². The molecule has 1 heterocycles. The second kappa shape index (κ2) is 5.72. The van der Waals surface area contributed by atoms with Crippen molar-refractivity contribution in [1.82, 2.24) is 4.98 Å². The molecule has 0 fully saturated rings. The lowest BCUT2D eigenvalue weighted by Crippen LogP contribution is -2.07. The van der Waals surface area contributed by atoms with E-state index in [2.05, 4.69) is 4.98 Å². The van der Waals surface area contributed by atoms with Gasteiger partial charge in [-0.2, -0.15) is 5.26 Å². The molecule has 0 aliphatic rings. The molecule has 6 heteroatoms. The first-order valence-electron chi connectivity index (χ1n) is 5.77. The van der Waals surface area contributed by atoms with Crippen LogP contribution in [0.4, 0.5) is 0 Å². The van der Waals surface area contributed by atoms with E-state index in [1.54, 1.807) is 24.3 Å². The topological polar surface area (TPSA) is 80.1 Å². The van der Waals surface area contributed by atoms with Crippen molar-refractivity contribution < 1.29 is 13.2 Å². The molecule has 0 N–H and O–H groups in total. The van der Waals surface area contributed by atoms with Crippen molar-refractivity contribution in [3.8, 4) is 11.8 Å². The fourth-order valence-electron chi connectivity index (χ4n) is 1.74. The van der Waals surface area contributed by atoms with Gasteiger partial charge in [-0.15, -0.1) is 0 Å². The highest BCUT2D eigenvalue weighted by atomic mass is 32.2. The molecule has 5 nitrogen and oxygen atoms in total. The highest BCUT2D eigenvalue weighted by Gasteiger charge is 2.18. The van der Waals surface area contributed by atoms with E-state index in [0.717, 1.165) is 0 Å². The van der Waals surface area contributed by atoms with E-state index in [1.165, 1.54) is 25.4 Å². The molecule has 0 aliphatic carbocycles. The van der Waals surface area contributed by atoms with Crippen LogP contribution in [0.1, 0.15) is 11.3 Å². The third-order valence-corrected chi connectivity index (χ3v) is 4.41.